The highest BCUT2D eigenvalue weighted by Crippen LogP contribution is 2.23. The van der Waals surface area contributed by atoms with Crippen molar-refractivity contribution in [2.24, 2.45) is 0 Å². The Labute approximate surface area is 188 Å². The molecule has 0 bridgehead atoms. The highest BCUT2D eigenvalue weighted by Gasteiger charge is 2.23. The maximum atomic E-state index is 12.8. The quantitative estimate of drug-likeness (QED) is 0.446. The van der Waals surface area contributed by atoms with Crippen molar-refractivity contribution in [3.63, 3.8) is 0 Å². The Morgan fingerprint density at radius 3 is 2.47 bits per heavy atom. The Hall–Kier alpha value is -2.11. The van der Waals surface area contributed by atoms with Crippen molar-refractivity contribution >= 4 is 27.0 Å². The molecule has 1 amide bonds. The predicted molar refractivity (Wildman–Crippen MR) is 118 cm³/mol. The molecule has 0 aliphatic heterocycles. The third-order valence-electron chi connectivity index (χ3n) is 5.30. The Bertz CT molecular complexity index is 1010. The van der Waals surface area contributed by atoms with Gasteiger partial charge in [0, 0.05) is 46.1 Å². The van der Waals surface area contributed by atoms with Crippen molar-refractivity contribution in [3.05, 3.63) is 24.0 Å². The van der Waals surface area contributed by atoms with Gasteiger partial charge in [0.1, 0.15) is 5.82 Å². The zero-order valence-corrected chi connectivity index (χ0v) is 19.9. The first-order chi connectivity index (χ1) is 15.2. The molecule has 0 atom stereocenters. The molecule has 0 N–H and O–H groups in total. The van der Waals surface area contributed by atoms with Gasteiger partial charge in [-0.2, -0.15) is 4.31 Å². The lowest BCUT2D eigenvalue weighted by molar-refractivity contribution is -0.133. The topological polar surface area (TPSA) is 84.7 Å². The van der Waals surface area contributed by atoms with Gasteiger partial charge in [0.2, 0.25) is 15.9 Å². The number of halogens is 2. The normalized spacial score (nSPS) is 12.2. The fourth-order valence-corrected chi connectivity index (χ4v) is 5.12. The van der Waals surface area contributed by atoms with Crippen LogP contribution in [0.5, 0.6) is 0 Å². The lowest BCUT2D eigenvalue weighted by atomic mass is 10.2. The van der Waals surface area contributed by atoms with Gasteiger partial charge in [-0.15, -0.1) is 0 Å². The molecule has 0 aliphatic rings. The van der Waals surface area contributed by atoms with Crippen LogP contribution >= 0.6 is 0 Å². The summed E-state index contributed by atoms with van der Waals surface area (Å²) in [5.41, 5.74) is 1.28. The summed E-state index contributed by atoms with van der Waals surface area (Å²) in [4.78, 5) is 18.3. The fourth-order valence-electron chi connectivity index (χ4n) is 3.64. The maximum Gasteiger partial charge on any atom is 0.255 e. The molecule has 11 heteroatoms. The third kappa shape index (κ3) is 6.02. The highest BCUT2D eigenvalue weighted by molar-refractivity contribution is 7.89. The third-order valence-corrected chi connectivity index (χ3v) is 7.34. The summed E-state index contributed by atoms with van der Waals surface area (Å²) in [5.74, 6) is 0.207. The van der Waals surface area contributed by atoms with Gasteiger partial charge in [-0.25, -0.2) is 22.2 Å². The summed E-state index contributed by atoms with van der Waals surface area (Å²) < 4.78 is 59.5. The van der Waals surface area contributed by atoms with Crippen molar-refractivity contribution in [1.82, 2.24) is 18.8 Å². The van der Waals surface area contributed by atoms with E-state index in [4.69, 9.17) is 4.74 Å². The van der Waals surface area contributed by atoms with Crippen molar-refractivity contribution in [1.29, 1.82) is 0 Å². The number of methoxy groups -OCH3 is 1. The van der Waals surface area contributed by atoms with Gasteiger partial charge >= 0.3 is 0 Å². The SMILES string of the molecule is CCN(CC)S(=O)(=O)c1ccc2c(c1)nc(CCC(=O)N(CCOC)CC(F)F)n2CC. The van der Waals surface area contributed by atoms with Gasteiger partial charge in [0.15, 0.2) is 0 Å². The predicted octanol–water partition coefficient (Wildman–Crippen LogP) is 2.76. The van der Waals surface area contributed by atoms with Gasteiger partial charge in [-0.3, -0.25) is 4.79 Å². The van der Waals surface area contributed by atoms with E-state index >= 15 is 0 Å². The number of ether oxygens (including phenoxy) is 1. The van der Waals surface area contributed by atoms with Crippen LogP contribution in [0.2, 0.25) is 0 Å². The number of hydrogen-bond acceptors (Lipinski definition) is 5. The number of nitrogens with zero attached hydrogens (tertiary/aromatic N) is 4. The number of alkyl halides is 2. The Kier molecular flexibility index (Phi) is 9.53. The molecule has 0 fully saturated rings. The number of carbonyl (C=O) groups excluding carboxylic acids is 1. The number of fused-ring (bicyclic) bond motifs is 1. The summed E-state index contributed by atoms with van der Waals surface area (Å²) in [6, 6.07) is 4.82. The standard InChI is InChI=1S/C21H32F2N4O4S/c1-5-26(6-2)32(29,30)16-8-9-18-17(14-16)24-20(27(18)7-3)10-11-21(28)25(12-13-31-4)15-19(22)23/h8-9,14,19H,5-7,10-13,15H2,1-4H3. The highest BCUT2D eigenvalue weighted by atomic mass is 32.2. The summed E-state index contributed by atoms with van der Waals surface area (Å²) >= 11 is 0. The number of amides is 1. The fraction of sp³-hybridized carbons (Fsp3) is 0.619. The molecule has 0 radical (unpaired) electrons. The molecule has 2 rings (SSSR count). The van der Waals surface area contributed by atoms with Crippen LogP contribution in [0.3, 0.4) is 0 Å². The molecule has 0 aliphatic carbocycles. The zero-order chi connectivity index (χ0) is 23.9. The van der Waals surface area contributed by atoms with E-state index in [0.29, 0.717) is 31.0 Å². The van der Waals surface area contributed by atoms with E-state index in [2.05, 4.69) is 4.98 Å². The number of aryl methyl sites for hydroxylation is 2. The van der Waals surface area contributed by atoms with E-state index in [1.54, 1.807) is 32.0 Å². The van der Waals surface area contributed by atoms with Crippen LogP contribution in [0, 0.1) is 0 Å². The van der Waals surface area contributed by atoms with Crippen LogP contribution in [0.1, 0.15) is 33.0 Å². The van der Waals surface area contributed by atoms with Crippen LogP contribution in [-0.2, 0) is 32.5 Å². The molecule has 180 valence electrons. The van der Waals surface area contributed by atoms with Crippen LogP contribution in [0.15, 0.2) is 23.1 Å². The van der Waals surface area contributed by atoms with E-state index in [9.17, 15) is 22.0 Å². The van der Waals surface area contributed by atoms with Crippen LogP contribution in [-0.4, -0.2) is 79.4 Å². The lowest BCUT2D eigenvalue weighted by Crippen LogP contribution is -2.37. The molecular formula is C21H32F2N4O4S. The average Bonchev–Trinajstić information content (AvgIpc) is 3.11. The summed E-state index contributed by atoms with van der Waals surface area (Å²) in [6.07, 6.45) is -2.35. The molecule has 1 heterocycles. The Morgan fingerprint density at radius 2 is 1.91 bits per heavy atom. The molecule has 0 unspecified atom stereocenters. The molecule has 0 spiro atoms. The van der Waals surface area contributed by atoms with E-state index in [1.165, 1.54) is 11.4 Å². The molecule has 8 nitrogen and oxygen atoms in total. The van der Waals surface area contributed by atoms with Gasteiger partial charge in [0.25, 0.3) is 6.43 Å². The average molecular weight is 475 g/mol. The first kappa shape index (κ1) is 26.1. The van der Waals surface area contributed by atoms with Gasteiger partial charge < -0.3 is 14.2 Å². The Balaban J connectivity index is 2.28. The summed E-state index contributed by atoms with van der Waals surface area (Å²) in [6.45, 7) is 6.43. The largest absolute Gasteiger partial charge is 0.383 e. The van der Waals surface area contributed by atoms with Crippen LogP contribution < -0.4 is 0 Å². The maximum absolute atomic E-state index is 12.8. The number of carbonyl (C=O) groups is 1. The van der Waals surface area contributed by atoms with Crippen molar-refractivity contribution in [2.75, 3.05) is 39.9 Å². The number of aromatic nitrogens is 2. The molecule has 1 aromatic carbocycles. The molecule has 1 aromatic heterocycles. The number of hydrogen-bond donors (Lipinski definition) is 0. The van der Waals surface area contributed by atoms with Gasteiger partial charge in [0.05, 0.1) is 29.1 Å². The monoisotopic (exact) mass is 474 g/mol. The smallest absolute Gasteiger partial charge is 0.255 e. The molecule has 0 saturated heterocycles. The second kappa shape index (κ2) is 11.7. The van der Waals surface area contributed by atoms with E-state index in [0.717, 1.165) is 10.4 Å². The molecule has 2 aromatic rings. The Morgan fingerprint density at radius 1 is 1.22 bits per heavy atom. The number of benzene rings is 1. The van der Waals surface area contributed by atoms with Crippen molar-refractivity contribution in [2.45, 2.75) is 51.5 Å². The molecule has 32 heavy (non-hydrogen) atoms. The first-order valence-electron chi connectivity index (χ1n) is 10.7. The van der Waals surface area contributed by atoms with Gasteiger partial charge in [-0.1, -0.05) is 13.8 Å². The van der Waals surface area contributed by atoms with E-state index < -0.39 is 28.9 Å². The minimum atomic E-state index is -3.62. The minimum absolute atomic E-state index is 0.0182. The van der Waals surface area contributed by atoms with E-state index in [1.807, 2.05) is 11.5 Å². The summed E-state index contributed by atoms with van der Waals surface area (Å²) in [7, 11) is -2.17. The zero-order valence-electron chi connectivity index (χ0n) is 19.1. The number of sulfonamides is 1. The lowest BCUT2D eigenvalue weighted by Gasteiger charge is -2.22. The van der Waals surface area contributed by atoms with Crippen molar-refractivity contribution < 1.29 is 26.7 Å². The van der Waals surface area contributed by atoms with Crippen LogP contribution in [0.25, 0.3) is 11.0 Å². The molecular weight excluding hydrogens is 442 g/mol. The second-order valence-corrected chi connectivity index (χ2v) is 9.17. The minimum Gasteiger partial charge on any atom is -0.383 e. The van der Waals surface area contributed by atoms with Crippen molar-refractivity contribution in [3.8, 4) is 0 Å². The molecule has 0 saturated carbocycles. The van der Waals surface area contributed by atoms with E-state index in [-0.39, 0.29) is 30.9 Å². The second-order valence-electron chi connectivity index (χ2n) is 7.24. The van der Waals surface area contributed by atoms with Crippen LogP contribution in [0.4, 0.5) is 8.78 Å². The first-order valence-corrected chi connectivity index (χ1v) is 12.2. The van der Waals surface area contributed by atoms with Gasteiger partial charge in [-0.05, 0) is 25.1 Å². The number of rotatable bonds is 13. The number of imidazole rings is 1. The summed E-state index contributed by atoms with van der Waals surface area (Å²) in [5, 5.41) is 0.